The van der Waals surface area contributed by atoms with Crippen LogP contribution in [-0.2, 0) is 4.79 Å². The molecule has 10 heteroatoms. The third-order valence-corrected chi connectivity index (χ3v) is 4.96. The number of rotatable bonds is 4. The molecule has 0 bridgehead atoms. The van der Waals surface area contributed by atoms with Crippen LogP contribution in [0.5, 0.6) is 23.0 Å². The highest BCUT2D eigenvalue weighted by molar-refractivity contribution is 5.91. The van der Waals surface area contributed by atoms with Crippen LogP contribution in [0, 0.1) is 0 Å². The lowest BCUT2D eigenvalue weighted by Gasteiger charge is -2.37. The quantitative estimate of drug-likeness (QED) is 0.623. The van der Waals surface area contributed by atoms with Gasteiger partial charge in [-0.3, -0.25) is 4.79 Å². The van der Waals surface area contributed by atoms with Crippen LogP contribution >= 0.6 is 0 Å². The fourth-order valence-electron chi connectivity index (χ4n) is 3.29. The monoisotopic (exact) mass is 459 g/mol. The van der Waals surface area contributed by atoms with Crippen molar-refractivity contribution in [3.05, 3.63) is 36.4 Å². The largest absolute Gasteiger partial charge is 0.493 e. The number of para-hydroxylation sites is 2. The Labute approximate surface area is 202 Å². The number of carbonyl (C=O) groups excluding carboxylic acids is 1. The minimum Gasteiger partial charge on any atom is -0.493 e. The average Bonchev–Trinajstić information content (AvgIpc) is 2.87. The summed E-state index contributed by atoms with van der Waals surface area (Å²) in [5.41, 5.74) is 5.91. The molecule has 1 amide bonds. The van der Waals surface area contributed by atoms with Gasteiger partial charge in [-0.2, -0.15) is 4.98 Å². The zero-order valence-corrected chi connectivity index (χ0v) is 17.7. The summed E-state index contributed by atoms with van der Waals surface area (Å²) in [5, 5.41) is -0.0664. The molecule has 10 nitrogen and oxygen atoms in total. The lowest BCUT2D eigenvalue weighted by Crippen LogP contribution is -2.54. The third-order valence-electron chi connectivity index (χ3n) is 4.96. The molecule has 33 heavy (non-hydrogen) atoms. The van der Waals surface area contributed by atoms with Crippen molar-refractivity contribution in [1.29, 1.82) is 0 Å². The Bertz CT molecular complexity index is 1540. The molecule has 2 aliphatic rings. The standard InChI is InChI=1S/C23H25N5O5/c1-30-18-11-14-15(12-19(18)31-2)25-23(26-21(14)24)28-9-7-27(8-10-28)22(29)20-13-32-16-5-3-4-6-17(16)33-20/h3-6,11-12,20H,7-10,13H2,1-2H3,(H2,24,25,26)/i9D2,10D2,11D,12D,13D2. The molecule has 1 atom stereocenters. The van der Waals surface area contributed by atoms with Crippen molar-refractivity contribution >= 4 is 28.6 Å². The molecule has 2 aliphatic heterocycles. The minimum absolute atomic E-state index is 0.0664. The molecule has 5 rings (SSSR count). The zero-order chi connectivity index (χ0) is 30.1. The van der Waals surface area contributed by atoms with Gasteiger partial charge in [0.15, 0.2) is 23.0 Å². The van der Waals surface area contributed by atoms with Crippen molar-refractivity contribution in [2.75, 3.05) is 57.5 Å². The number of benzene rings is 2. The molecule has 1 fully saturated rings. The topological polar surface area (TPSA) is 112 Å². The highest BCUT2D eigenvalue weighted by Crippen LogP contribution is 2.34. The maximum atomic E-state index is 13.4. The molecule has 0 radical (unpaired) electrons. The average molecular weight is 460 g/mol. The van der Waals surface area contributed by atoms with Crippen molar-refractivity contribution in [3.8, 4) is 23.0 Å². The van der Waals surface area contributed by atoms with E-state index in [1.807, 2.05) is 0 Å². The maximum absolute atomic E-state index is 13.4. The maximum Gasteiger partial charge on any atom is 0.267 e. The Balaban J connectivity index is 1.52. The van der Waals surface area contributed by atoms with E-state index in [2.05, 4.69) is 9.97 Å². The summed E-state index contributed by atoms with van der Waals surface area (Å²) in [6, 6.07) is 5.55. The number of nitrogens with two attached hydrogens (primary N) is 1. The van der Waals surface area contributed by atoms with Gasteiger partial charge in [-0.25, -0.2) is 4.98 Å². The number of nitrogens with zero attached hydrogens (tertiary/aromatic N) is 4. The zero-order valence-electron chi connectivity index (χ0n) is 25.7. The number of hydrogen-bond donors (Lipinski definition) is 1. The Morgan fingerprint density at radius 2 is 1.85 bits per heavy atom. The van der Waals surface area contributed by atoms with Crippen LogP contribution in [0.1, 0.15) is 11.0 Å². The molecule has 3 aromatic rings. The molecule has 172 valence electrons. The number of hydrogen-bond acceptors (Lipinski definition) is 9. The van der Waals surface area contributed by atoms with Gasteiger partial charge in [0, 0.05) is 37.5 Å². The van der Waals surface area contributed by atoms with E-state index in [9.17, 15) is 4.79 Å². The van der Waals surface area contributed by atoms with Crippen LogP contribution in [0.2, 0.25) is 0 Å². The van der Waals surface area contributed by atoms with Crippen molar-refractivity contribution < 1.29 is 34.7 Å². The van der Waals surface area contributed by atoms with E-state index in [0.717, 1.165) is 4.90 Å². The lowest BCUT2D eigenvalue weighted by atomic mass is 10.2. The van der Waals surface area contributed by atoms with Crippen LogP contribution in [-0.4, -0.2) is 73.7 Å². The molecule has 0 aliphatic carbocycles. The van der Waals surface area contributed by atoms with Gasteiger partial charge in [0.05, 0.1) is 30.7 Å². The van der Waals surface area contributed by atoms with Gasteiger partial charge >= 0.3 is 0 Å². The Morgan fingerprint density at radius 3 is 2.58 bits per heavy atom. The molecule has 0 spiro atoms. The van der Waals surface area contributed by atoms with Gasteiger partial charge in [0.25, 0.3) is 5.91 Å². The predicted molar refractivity (Wildman–Crippen MR) is 122 cm³/mol. The van der Waals surface area contributed by atoms with Gasteiger partial charge in [-0.1, -0.05) is 12.1 Å². The molecule has 2 aromatic carbocycles. The first kappa shape index (κ1) is 13.6. The summed E-state index contributed by atoms with van der Waals surface area (Å²) in [6.07, 6.45) is -1.84. The van der Waals surface area contributed by atoms with Crippen molar-refractivity contribution in [1.82, 2.24) is 14.9 Å². The van der Waals surface area contributed by atoms with Gasteiger partial charge in [-0.15, -0.1) is 0 Å². The lowest BCUT2D eigenvalue weighted by molar-refractivity contribution is -0.141. The summed E-state index contributed by atoms with van der Waals surface area (Å²) in [7, 11) is 2.55. The number of amides is 1. The molecule has 1 aromatic heterocycles. The number of piperazine rings is 1. The highest BCUT2D eigenvalue weighted by Gasteiger charge is 2.33. The molecule has 1 unspecified atom stereocenters. The second kappa shape index (κ2) is 8.53. The molecule has 0 saturated carbocycles. The Morgan fingerprint density at radius 1 is 1.15 bits per heavy atom. The number of anilines is 2. The number of fused-ring (bicyclic) bond motifs is 2. The van der Waals surface area contributed by atoms with Crippen LogP contribution < -0.4 is 29.6 Å². The third kappa shape index (κ3) is 3.88. The summed E-state index contributed by atoms with van der Waals surface area (Å²) < 4.78 is 89.5. The number of methoxy groups -OCH3 is 2. The second-order valence-electron chi connectivity index (χ2n) is 6.96. The van der Waals surface area contributed by atoms with Crippen molar-refractivity contribution in [3.63, 3.8) is 0 Å². The first-order chi connectivity index (χ1) is 19.1. The van der Waals surface area contributed by atoms with Gasteiger partial charge in [-0.05, 0) is 18.2 Å². The first-order valence-corrected chi connectivity index (χ1v) is 9.85. The highest BCUT2D eigenvalue weighted by atomic mass is 16.6. The summed E-state index contributed by atoms with van der Waals surface area (Å²) in [5.74, 6) is -1.89. The smallest absolute Gasteiger partial charge is 0.267 e. The van der Waals surface area contributed by atoms with E-state index in [4.69, 9.17) is 35.6 Å². The van der Waals surface area contributed by atoms with Crippen molar-refractivity contribution in [2.45, 2.75) is 6.10 Å². The summed E-state index contributed by atoms with van der Waals surface area (Å²) in [6.45, 7) is -9.39. The summed E-state index contributed by atoms with van der Waals surface area (Å²) in [4.78, 5) is 23.1. The Hall–Kier alpha value is -3.95. The molecule has 2 N–H and O–H groups in total. The van der Waals surface area contributed by atoms with E-state index < -0.39 is 50.6 Å². The van der Waals surface area contributed by atoms with Crippen LogP contribution in [0.25, 0.3) is 10.9 Å². The van der Waals surface area contributed by atoms with E-state index in [1.54, 1.807) is 12.1 Å². The predicted octanol–water partition coefficient (Wildman–Crippen LogP) is 1.72. The Kier molecular flexibility index (Phi) is 3.51. The second-order valence-corrected chi connectivity index (χ2v) is 6.96. The van der Waals surface area contributed by atoms with Crippen molar-refractivity contribution in [2.24, 2.45) is 0 Å². The number of nitrogen functional groups attached to an aromatic ring is 1. The van der Waals surface area contributed by atoms with E-state index in [1.165, 1.54) is 26.4 Å². The van der Waals surface area contributed by atoms with Crippen LogP contribution in [0.15, 0.2) is 36.4 Å². The van der Waals surface area contributed by atoms with E-state index in [0.29, 0.717) is 4.90 Å². The molecule has 3 heterocycles. The number of carbonyl (C=O) groups is 1. The van der Waals surface area contributed by atoms with Gasteiger partial charge in [0.1, 0.15) is 12.4 Å². The molecular weight excluding hydrogens is 426 g/mol. The normalized spacial score (nSPS) is 25.8. The van der Waals surface area contributed by atoms with Gasteiger partial charge < -0.3 is 34.5 Å². The SMILES string of the molecule is [2H]c1c(OC)c(OC)c([2H])c2c(N)nc(N3C([2H])([2H])CN(C(=O)C4Oc5ccccc5OC4([2H])[2H])CC3([2H])[2H])nc12. The first-order valence-electron chi connectivity index (χ1n) is 13.8. The fraction of sp³-hybridized carbons (Fsp3) is 0.348. The van der Waals surface area contributed by atoms with E-state index in [-0.39, 0.29) is 51.8 Å². The number of aromatic nitrogens is 2. The molecular formula is C23H25N5O5. The van der Waals surface area contributed by atoms with E-state index >= 15 is 0 Å². The number of ether oxygens (including phenoxy) is 4. The van der Waals surface area contributed by atoms with Crippen LogP contribution in [0.3, 0.4) is 0 Å². The fourth-order valence-corrected chi connectivity index (χ4v) is 3.29. The minimum atomic E-state index is -2.65. The van der Waals surface area contributed by atoms with Crippen LogP contribution in [0.4, 0.5) is 11.8 Å². The summed E-state index contributed by atoms with van der Waals surface area (Å²) >= 11 is 0. The van der Waals surface area contributed by atoms with Gasteiger partial charge in [0.2, 0.25) is 12.1 Å². The molecule has 1 saturated heterocycles.